The summed E-state index contributed by atoms with van der Waals surface area (Å²) < 4.78 is 26.7. The zero-order valence-electron chi connectivity index (χ0n) is 11.0. The second kappa shape index (κ2) is 7.78. The summed E-state index contributed by atoms with van der Waals surface area (Å²) in [5.74, 6) is -1.30. The number of hydrogen-bond donors (Lipinski definition) is 1. The van der Waals surface area contributed by atoms with Gasteiger partial charge >= 0.3 is 0 Å². The Hall–Kier alpha value is -1.56. The molecule has 0 saturated carbocycles. The number of hydrazone groups is 1. The molecule has 0 unspecified atom stereocenters. The standard InChI is InChI=1S/C13H17F2N3S/c1-3-4-8-16-13(19)18(2)17-9-10-11(14)6-5-7-12(10)15/h5-7,9H,3-4,8H2,1-2H3,(H,16,19)/b17-9+. The first-order chi connectivity index (χ1) is 9.06. The van der Waals surface area contributed by atoms with Crippen molar-refractivity contribution in [3.05, 3.63) is 35.4 Å². The first kappa shape index (κ1) is 15.5. The van der Waals surface area contributed by atoms with Crippen LogP contribution < -0.4 is 5.32 Å². The summed E-state index contributed by atoms with van der Waals surface area (Å²) in [6.07, 6.45) is 3.18. The van der Waals surface area contributed by atoms with E-state index in [1.165, 1.54) is 23.2 Å². The van der Waals surface area contributed by atoms with Gasteiger partial charge in [0, 0.05) is 13.6 Å². The monoisotopic (exact) mass is 285 g/mol. The average molecular weight is 285 g/mol. The molecule has 0 fully saturated rings. The Morgan fingerprint density at radius 3 is 2.63 bits per heavy atom. The van der Waals surface area contributed by atoms with E-state index >= 15 is 0 Å². The number of unbranched alkanes of at least 4 members (excludes halogenated alkanes) is 1. The van der Waals surface area contributed by atoms with Crippen molar-refractivity contribution in [2.75, 3.05) is 13.6 Å². The van der Waals surface area contributed by atoms with E-state index in [1.807, 2.05) is 0 Å². The maximum absolute atomic E-state index is 13.4. The normalized spacial score (nSPS) is 10.7. The van der Waals surface area contributed by atoms with E-state index in [2.05, 4.69) is 17.3 Å². The van der Waals surface area contributed by atoms with E-state index in [0.717, 1.165) is 25.6 Å². The lowest BCUT2D eigenvalue weighted by Gasteiger charge is -2.15. The van der Waals surface area contributed by atoms with Gasteiger partial charge in [-0.1, -0.05) is 19.4 Å². The highest BCUT2D eigenvalue weighted by molar-refractivity contribution is 7.80. The third kappa shape index (κ3) is 4.90. The lowest BCUT2D eigenvalue weighted by Crippen LogP contribution is -2.34. The fraction of sp³-hybridized carbons (Fsp3) is 0.385. The molecule has 1 rings (SSSR count). The number of rotatable bonds is 5. The fourth-order valence-electron chi connectivity index (χ4n) is 1.32. The third-order valence-electron chi connectivity index (χ3n) is 2.46. The van der Waals surface area contributed by atoms with E-state index < -0.39 is 11.6 Å². The van der Waals surface area contributed by atoms with Crippen LogP contribution in [0.5, 0.6) is 0 Å². The number of nitrogens with one attached hydrogen (secondary N) is 1. The van der Waals surface area contributed by atoms with Crippen LogP contribution >= 0.6 is 12.2 Å². The molecule has 1 N–H and O–H groups in total. The molecular weight excluding hydrogens is 268 g/mol. The van der Waals surface area contributed by atoms with Crippen LogP contribution in [0.1, 0.15) is 25.3 Å². The minimum Gasteiger partial charge on any atom is -0.361 e. The van der Waals surface area contributed by atoms with Crippen LogP contribution in [0.2, 0.25) is 0 Å². The molecule has 3 nitrogen and oxygen atoms in total. The van der Waals surface area contributed by atoms with Crippen molar-refractivity contribution in [3.63, 3.8) is 0 Å². The van der Waals surface area contributed by atoms with Crippen LogP contribution in [-0.2, 0) is 0 Å². The SMILES string of the molecule is CCCCNC(=S)N(C)/N=C/c1c(F)cccc1F. The average Bonchev–Trinajstić information content (AvgIpc) is 2.38. The molecule has 0 atom stereocenters. The summed E-state index contributed by atoms with van der Waals surface area (Å²) in [6.45, 7) is 2.83. The summed E-state index contributed by atoms with van der Waals surface area (Å²) >= 11 is 5.08. The van der Waals surface area contributed by atoms with E-state index in [-0.39, 0.29) is 5.56 Å². The van der Waals surface area contributed by atoms with Crippen LogP contribution in [0.25, 0.3) is 0 Å². The van der Waals surface area contributed by atoms with Gasteiger partial charge in [-0.25, -0.2) is 13.8 Å². The minimum absolute atomic E-state index is 0.175. The van der Waals surface area contributed by atoms with Gasteiger partial charge in [0.15, 0.2) is 5.11 Å². The van der Waals surface area contributed by atoms with Gasteiger partial charge in [-0.2, -0.15) is 5.10 Å². The van der Waals surface area contributed by atoms with Gasteiger partial charge in [0.2, 0.25) is 0 Å². The van der Waals surface area contributed by atoms with Gasteiger partial charge in [-0.3, -0.25) is 0 Å². The van der Waals surface area contributed by atoms with Gasteiger partial charge in [-0.15, -0.1) is 0 Å². The number of halogens is 2. The molecule has 6 heteroatoms. The summed E-state index contributed by atoms with van der Waals surface area (Å²) in [7, 11) is 1.62. The molecule has 0 aliphatic rings. The van der Waals surface area contributed by atoms with Crippen molar-refractivity contribution in [1.82, 2.24) is 10.3 Å². The zero-order valence-corrected chi connectivity index (χ0v) is 11.8. The predicted octanol–water partition coefficient (Wildman–Crippen LogP) is 2.91. The number of thiocarbonyl (C=S) groups is 1. The Balaban J connectivity index is 2.63. The summed E-state index contributed by atoms with van der Waals surface area (Å²) in [5.41, 5.74) is -0.175. The van der Waals surface area contributed by atoms with Crippen LogP contribution in [0.15, 0.2) is 23.3 Å². The molecule has 0 aromatic heterocycles. The lowest BCUT2D eigenvalue weighted by molar-refractivity contribution is 0.527. The number of hydrogen-bond acceptors (Lipinski definition) is 2. The highest BCUT2D eigenvalue weighted by Gasteiger charge is 2.06. The van der Waals surface area contributed by atoms with Gasteiger partial charge in [0.1, 0.15) is 11.6 Å². The quantitative estimate of drug-likeness (QED) is 0.390. The van der Waals surface area contributed by atoms with E-state index in [1.54, 1.807) is 7.05 Å². The Kier molecular flexibility index (Phi) is 6.35. The predicted molar refractivity (Wildman–Crippen MR) is 77.2 cm³/mol. The molecule has 0 bridgehead atoms. The second-order valence-electron chi connectivity index (χ2n) is 3.99. The van der Waals surface area contributed by atoms with Gasteiger partial charge in [-0.05, 0) is 30.8 Å². The van der Waals surface area contributed by atoms with Gasteiger partial charge in [0.05, 0.1) is 11.8 Å². The minimum atomic E-state index is -0.651. The maximum Gasteiger partial charge on any atom is 0.189 e. The Morgan fingerprint density at radius 2 is 2.05 bits per heavy atom. The molecule has 0 amide bonds. The smallest absolute Gasteiger partial charge is 0.189 e. The first-order valence-corrected chi connectivity index (χ1v) is 6.46. The molecule has 0 radical (unpaired) electrons. The highest BCUT2D eigenvalue weighted by atomic mass is 32.1. The number of nitrogens with zero attached hydrogens (tertiary/aromatic N) is 2. The molecule has 0 saturated heterocycles. The molecule has 0 heterocycles. The topological polar surface area (TPSA) is 27.6 Å². The maximum atomic E-state index is 13.4. The van der Waals surface area contributed by atoms with E-state index in [4.69, 9.17) is 12.2 Å². The highest BCUT2D eigenvalue weighted by Crippen LogP contribution is 2.09. The van der Waals surface area contributed by atoms with Crippen LogP contribution in [0.4, 0.5) is 8.78 Å². The largest absolute Gasteiger partial charge is 0.361 e. The van der Waals surface area contributed by atoms with E-state index in [0.29, 0.717) is 5.11 Å². The van der Waals surface area contributed by atoms with Crippen molar-refractivity contribution in [2.45, 2.75) is 19.8 Å². The van der Waals surface area contributed by atoms with Crippen LogP contribution in [-0.4, -0.2) is 29.9 Å². The molecule has 104 valence electrons. The third-order valence-corrected chi connectivity index (χ3v) is 2.87. The first-order valence-electron chi connectivity index (χ1n) is 6.05. The Morgan fingerprint density at radius 1 is 1.42 bits per heavy atom. The van der Waals surface area contributed by atoms with Crippen LogP contribution in [0, 0.1) is 11.6 Å². The Labute approximate surface area is 117 Å². The van der Waals surface area contributed by atoms with Crippen molar-refractivity contribution in [1.29, 1.82) is 0 Å². The molecular formula is C13H17F2N3S. The van der Waals surface area contributed by atoms with E-state index in [9.17, 15) is 8.78 Å². The molecule has 19 heavy (non-hydrogen) atoms. The summed E-state index contributed by atoms with van der Waals surface area (Å²) in [6, 6.07) is 3.67. The van der Waals surface area contributed by atoms with Crippen molar-refractivity contribution in [3.8, 4) is 0 Å². The fourth-order valence-corrected chi connectivity index (χ4v) is 1.47. The van der Waals surface area contributed by atoms with Crippen molar-refractivity contribution < 1.29 is 8.78 Å². The molecule has 1 aromatic rings. The van der Waals surface area contributed by atoms with Crippen molar-refractivity contribution >= 4 is 23.5 Å². The summed E-state index contributed by atoms with van der Waals surface area (Å²) in [5, 5.41) is 8.71. The number of benzene rings is 1. The second-order valence-corrected chi connectivity index (χ2v) is 4.38. The molecule has 1 aromatic carbocycles. The lowest BCUT2D eigenvalue weighted by atomic mass is 10.2. The molecule has 0 aliphatic carbocycles. The van der Waals surface area contributed by atoms with Crippen LogP contribution in [0.3, 0.4) is 0 Å². The Bertz CT molecular complexity index is 443. The molecule has 0 aliphatic heterocycles. The molecule has 0 spiro atoms. The van der Waals surface area contributed by atoms with Crippen molar-refractivity contribution in [2.24, 2.45) is 5.10 Å². The van der Waals surface area contributed by atoms with Gasteiger partial charge < -0.3 is 5.32 Å². The van der Waals surface area contributed by atoms with Gasteiger partial charge in [0.25, 0.3) is 0 Å². The summed E-state index contributed by atoms with van der Waals surface area (Å²) in [4.78, 5) is 0. The zero-order chi connectivity index (χ0) is 14.3.